The smallest absolute Gasteiger partial charge is 0.253 e. The van der Waals surface area contributed by atoms with Crippen molar-refractivity contribution < 1.29 is 4.79 Å². The SMILES string of the molecule is NCC1CCN(C(=O)c2ccc(Br)c(Cl)c2)CC1. The molecule has 0 atom stereocenters. The zero-order chi connectivity index (χ0) is 13.1. The molecule has 98 valence electrons. The Morgan fingerprint density at radius 3 is 2.67 bits per heavy atom. The summed E-state index contributed by atoms with van der Waals surface area (Å²) >= 11 is 9.33. The molecule has 0 aliphatic carbocycles. The van der Waals surface area contributed by atoms with Crippen LogP contribution in [0.2, 0.25) is 5.02 Å². The number of likely N-dealkylation sites (tertiary alicyclic amines) is 1. The molecule has 0 unspecified atom stereocenters. The van der Waals surface area contributed by atoms with Gasteiger partial charge in [0, 0.05) is 23.1 Å². The molecular weight excluding hydrogens is 316 g/mol. The van der Waals surface area contributed by atoms with Crippen molar-refractivity contribution in [1.29, 1.82) is 0 Å². The summed E-state index contributed by atoms with van der Waals surface area (Å²) in [5, 5.41) is 0.567. The van der Waals surface area contributed by atoms with E-state index in [0.29, 0.717) is 23.0 Å². The van der Waals surface area contributed by atoms with Crippen LogP contribution in [0.5, 0.6) is 0 Å². The standard InChI is InChI=1S/C13H16BrClN2O/c14-11-2-1-10(7-12(11)15)13(18)17-5-3-9(8-16)4-6-17/h1-2,7,9H,3-6,8,16H2. The van der Waals surface area contributed by atoms with E-state index in [1.165, 1.54) is 0 Å². The van der Waals surface area contributed by atoms with Gasteiger partial charge in [-0.1, -0.05) is 11.6 Å². The molecule has 0 bridgehead atoms. The van der Waals surface area contributed by atoms with Crippen molar-refractivity contribution in [3.05, 3.63) is 33.3 Å². The lowest BCUT2D eigenvalue weighted by molar-refractivity contribution is 0.0693. The van der Waals surface area contributed by atoms with Crippen molar-refractivity contribution in [1.82, 2.24) is 4.90 Å². The molecule has 1 aliphatic heterocycles. The van der Waals surface area contributed by atoms with Gasteiger partial charge >= 0.3 is 0 Å². The topological polar surface area (TPSA) is 46.3 Å². The fourth-order valence-corrected chi connectivity index (χ4v) is 2.61. The molecule has 1 fully saturated rings. The number of piperidine rings is 1. The summed E-state index contributed by atoms with van der Waals surface area (Å²) in [5.74, 6) is 0.613. The number of hydrogen-bond acceptors (Lipinski definition) is 2. The van der Waals surface area contributed by atoms with Gasteiger partial charge in [0.05, 0.1) is 5.02 Å². The van der Waals surface area contributed by atoms with Gasteiger partial charge in [-0.3, -0.25) is 4.79 Å². The van der Waals surface area contributed by atoms with E-state index < -0.39 is 0 Å². The van der Waals surface area contributed by atoms with Gasteiger partial charge in [0.2, 0.25) is 0 Å². The molecule has 0 spiro atoms. The van der Waals surface area contributed by atoms with Crippen LogP contribution in [0.15, 0.2) is 22.7 Å². The second-order valence-electron chi connectivity index (χ2n) is 4.60. The van der Waals surface area contributed by atoms with Crippen LogP contribution in [0.3, 0.4) is 0 Å². The van der Waals surface area contributed by atoms with Gasteiger partial charge in [0.15, 0.2) is 0 Å². The zero-order valence-electron chi connectivity index (χ0n) is 10.0. The van der Waals surface area contributed by atoms with Crippen LogP contribution in [0.1, 0.15) is 23.2 Å². The van der Waals surface area contributed by atoms with Crippen molar-refractivity contribution in [2.45, 2.75) is 12.8 Å². The maximum Gasteiger partial charge on any atom is 0.253 e. The molecule has 2 rings (SSSR count). The van der Waals surface area contributed by atoms with E-state index >= 15 is 0 Å². The molecule has 0 saturated carbocycles. The molecule has 1 saturated heterocycles. The third kappa shape index (κ3) is 3.05. The van der Waals surface area contributed by atoms with Crippen molar-refractivity contribution >= 4 is 33.4 Å². The van der Waals surface area contributed by atoms with E-state index in [2.05, 4.69) is 15.9 Å². The lowest BCUT2D eigenvalue weighted by Gasteiger charge is -2.31. The molecule has 1 heterocycles. The number of nitrogens with zero attached hydrogens (tertiary/aromatic N) is 1. The minimum atomic E-state index is 0.0554. The van der Waals surface area contributed by atoms with E-state index in [4.69, 9.17) is 17.3 Å². The van der Waals surface area contributed by atoms with Crippen LogP contribution in [0, 0.1) is 5.92 Å². The molecule has 0 aromatic heterocycles. The molecule has 1 amide bonds. The van der Waals surface area contributed by atoms with Crippen molar-refractivity contribution in [2.24, 2.45) is 11.7 Å². The molecule has 18 heavy (non-hydrogen) atoms. The number of halogens is 2. The van der Waals surface area contributed by atoms with E-state index in [1.807, 2.05) is 11.0 Å². The highest BCUT2D eigenvalue weighted by Crippen LogP contribution is 2.25. The number of carbonyl (C=O) groups is 1. The Kier molecular flexibility index (Phi) is 4.65. The first-order valence-corrected chi connectivity index (χ1v) is 7.23. The predicted molar refractivity (Wildman–Crippen MR) is 76.8 cm³/mol. The average Bonchev–Trinajstić information content (AvgIpc) is 2.41. The Labute approximate surface area is 120 Å². The number of rotatable bonds is 2. The molecule has 1 aromatic rings. The number of hydrogen-bond donors (Lipinski definition) is 1. The van der Waals surface area contributed by atoms with Gasteiger partial charge in [0.25, 0.3) is 5.91 Å². The Morgan fingerprint density at radius 1 is 1.44 bits per heavy atom. The summed E-state index contributed by atoms with van der Waals surface area (Å²) in [6.45, 7) is 2.29. The van der Waals surface area contributed by atoms with Gasteiger partial charge < -0.3 is 10.6 Å². The second-order valence-corrected chi connectivity index (χ2v) is 5.86. The van der Waals surface area contributed by atoms with Gasteiger partial charge in [-0.15, -0.1) is 0 Å². The lowest BCUT2D eigenvalue weighted by atomic mass is 9.96. The summed E-state index contributed by atoms with van der Waals surface area (Å²) in [6.07, 6.45) is 1.99. The number of nitrogens with two attached hydrogens (primary N) is 1. The number of benzene rings is 1. The minimum Gasteiger partial charge on any atom is -0.339 e. The maximum absolute atomic E-state index is 12.3. The molecule has 1 aromatic carbocycles. The molecule has 3 nitrogen and oxygen atoms in total. The highest BCUT2D eigenvalue weighted by molar-refractivity contribution is 9.10. The molecule has 5 heteroatoms. The van der Waals surface area contributed by atoms with Gasteiger partial charge in [-0.2, -0.15) is 0 Å². The largest absolute Gasteiger partial charge is 0.339 e. The normalized spacial score (nSPS) is 16.9. The fourth-order valence-electron chi connectivity index (χ4n) is 2.18. The summed E-state index contributed by atoms with van der Waals surface area (Å²) in [4.78, 5) is 14.2. The van der Waals surface area contributed by atoms with Crippen LogP contribution in [-0.2, 0) is 0 Å². The minimum absolute atomic E-state index is 0.0554. The summed E-state index contributed by atoms with van der Waals surface area (Å²) in [5.41, 5.74) is 6.29. The van der Waals surface area contributed by atoms with Gasteiger partial charge in [-0.25, -0.2) is 0 Å². The summed E-state index contributed by atoms with van der Waals surface area (Å²) < 4.78 is 0.808. The Balaban J connectivity index is 2.05. The van der Waals surface area contributed by atoms with E-state index in [9.17, 15) is 4.79 Å². The fraction of sp³-hybridized carbons (Fsp3) is 0.462. The van der Waals surface area contributed by atoms with Crippen molar-refractivity contribution in [2.75, 3.05) is 19.6 Å². The lowest BCUT2D eigenvalue weighted by Crippen LogP contribution is -2.40. The molecule has 1 aliphatic rings. The maximum atomic E-state index is 12.3. The first-order valence-electron chi connectivity index (χ1n) is 6.06. The van der Waals surface area contributed by atoms with Crippen molar-refractivity contribution in [3.63, 3.8) is 0 Å². The predicted octanol–water partition coefficient (Wildman–Crippen LogP) is 2.91. The van der Waals surface area contributed by atoms with Crippen LogP contribution in [0.4, 0.5) is 0 Å². The van der Waals surface area contributed by atoms with Crippen LogP contribution in [0.25, 0.3) is 0 Å². The van der Waals surface area contributed by atoms with Crippen LogP contribution < -0.4 is 5.73 Å². The van der Waals surface area contributed by atoms with E-state index in [-0.39, 0.29) is 5.91 Å². The molecule has 2 N–H and O–H groups in total. The third-order valence-electron chi connectivity index (χ3n) is 3.40. The third-order valence-corrected chi connectivity index (χ3v) is 4.63. The second kappa shape index (κ2) is 6.04. The number of carbonyl (C=O) groups excluding carboxylic acids is 1. The Bertz CT molecular complexity index is 445. The monoisotopic (exact) mass is 330 g/mol. The number of amides is 1. The van der Waals surface area contributed by atoms with E-state index in [1.54, 1.807) is 12.1 Å². The highest BCUT2D eigenvalue weighted by Gasteiger charge is 2.23. The average molecular weight is 332 g/mol. The first kappa shape index (κ1) is 13.8. The molecular formula is C13H16BrClN2O. The van der Waals surface area contributed by atoms with E-state index in [0.717, 1.165) is 30.4 Å². The van der Waals surface area contributed by atoms with Gasteiger partial charge in [0.1, 0.15) is 0 Å². The first-order chi connectivity index (χ1) is 8.61. The zero-order valence-corrected chi connectivity index (χ0v) is 12.4. The Morgan fingerprint density at radius 2 is 2.11 bits per heavy atom. The van der Waals surface area contributed by atoms with Gasteiger partial charge in [-0.05, 0) is 59.4 Å². The molecule has 0 radical (unpaired) electrons. The summed E-state index contributed by atoms with van der Waals surface area (Å²) in [6, 6.07) is 5.32. The highest BCUT2D eigenvalue weighted by atomic mass is 79.9. The quantitative estimate of drug-likeness (QED) is 0.905. The van der Waals surface area contributed by atoms with Crippen LogP contribution in [-0.4, -0.2) is 30.4 Å². The van der Waals surface area contributed by atoms with Crippen LogP contribution >= 0.6 is 27.5 Å². The van der Waals surface area contributed by atoms with Crippen molar-refractivity contribution in [3.8, 4) is 0 Å². The Hall–Kier alpha value is -0.580. The summed E-state index contributed by atoms with van der Waals surface area (Å²) in [7, 11) is 0.